The Kier molecular flexibility index (Phi) is 7.76. The molecule has 5 rings (SSSR count). The quantitative estimate of drug-likeness (QED) is 0.355. The van der Waals surface area contributed by atoms with Gasteiger partial charge in [-0.1, -0.05) is 23.7 Å². The van der Waals surface area contributed by atoms with E-state index in [0.29, 0.717) is 41.4 Å². The number of halogens is 1. The van der Waals surface area contributed by atoms with Gasteiger partial charge in [-0.3, -0.25) is 14.3 Å². The minimum Gasteiger partial charge on any atom is -0.362 e. The number of likely N-dealkylation sites (N-methyl/N-ethyl adjacent to an activating group) is 1. The summed E-state index contributed by atoms with van der Waals surface area (Å²) in [5, 5.41) is 11.0. The Morgan fingerprint density at radius 2 is 1.90 bits per heavy atom. The summed E-state index contributed by atoms with van der Waals surface area (Å²) in [5.74, 6) is 0.194. The molecule has 10 nitrogen and oxygen atoms in total. The highest BCUT2D eigenvalue weighted by atomic mass is 35.5. The highest BCUT2D eigenvalue weighted by Gasteiger charge is 2.23. The third-order valence-corrected chi connectivity index (χ3v) is 7.17. The second kappa shape index (κ2) is 11.4. The maximum atomic E-state index is 13.0. The van der Waals surface area contributed by atoms with Crippen LogP contribution in [0.3, 0.4) is 0 Å². The number of aryl methyl sites for hydroxylation is 1. The molecular weight excluding hydrogens is 516 g/mol. The van der Waals surface area contributed by atoms with E-state index in [0.717, 1.165) is 30.7 Å². The van der Waals surface area contributed by atoms with Crippen LogP contribution in [0.2, 0.25) is 5.02 Å². The molecule has 0 unspecified atom stereocenters. The average molecular weight is 547 g/mol. The number of hydrogen-bond donors (Lipinski definition) is 2. The van der Waals surface area contributed by atoms with Gasteiger partial charge in [0.15, 0.2) is 0 Å². The molecular formula is C28H31ClN8O2. The number of nitrogens with one attached hydrogen (secondary N) is 2. The standard InChI is InChI=1S/C28H31ClN8O2/c1-4-37-17-24-26(34-37)33-25(16-30-24)31-18(2)19-6-5-7-21(14-19)32-27(38)20-8-9-22(23(29)15-20)28(39)36-12-10-35(3)11-13-36/h5-9,14-18H,4,10-13H2,1-3H3,(H,32,38)(H,31,33,34)/t18-/m0/s1. The van der Waals surface area contributed by atoms with Crippen molar-refractivity contribution in [1.29, 1.82) is 0 Å². The summed E-state index contributed by atoms with van der Waals surface area (Å²) in [6, 6.07) is 12.3. The molecule has 3 heterocycles. The number of benzene rings is 2. The van der Waals surface area contributed by atoms with Gasteiger partial charge in [0.1, 0.15) is 11.3 Å². The molecule has 1 aliphatic heterocycles. The molecule has 1 fully saturated rings. The van der Waals surface area contributed by atoms with E-state index in [-0.39, 0.29) is 22.9 Å². The lowest BCUT2D eigenvalue weighted by Gasteiger charge is -2.32. The maximum absolute atomic E-state index is 13.0. The first-order valence-corrected chi connectivity index (χ1v) is 13.3. The van der Waals surface area contributed by atoms with E-state index in [1.54, 1.807) is 34.0 Å². The van der Waals surface area contributed by atoms with Crippen molar-refractivity contribution in [3.63, 3.8) is 0 Å². The van der Waals surface area contributed by atoms with Crippen LogP contribution in [0, 0.1) is 0 Å². The topological polar surface area (TPSA) is 108 Å². The van der Waals surface area contributed by atoms with Crippen LogP contribution in [0.1, 0.15) is 46.2 Å². The molecule has 2 aromatic carbocycles. The molecule has 2 aromatic heterocycles. The predicted octanol–water partition coefficient (Wildman–Crippen LogP) is 4.31. The Hall–Kier alpha value is -4.02. The molecule has 39 heavy (non-hydrogen) atoms. The molecule has 1 aliphatic rings. The fourth-order valence-corrected chi connectivity index (χ4v) is 4.74. The lowest BCUT2D eigenvalue weighted by molar-refractivity contribution is 0.0664. The van der Waals surface area contributed by atoms with Crippen LogP contribution in [0.4, 0.5) is 11.5 Å². The summed E-state index contributed by atoms with van der Waals surface area (Å²) in [5.41, 5.74) is 3.72. The van der Waals surface area contributed by atoms with Gasteiger partial charge >= 0.3 is 0 Å². The van der Waals surface area contributed by atoms with Crippen molar-refractivity contribution in [3.8, 4) is 0 Å². The summed E-state index contributed by atoms with van der Waals surface area (Å²) >= 11 is 6.45. The first-order chi connectivity index (χ1) is 18.8. The molecule has 0 spiro atoms. The summed E-state index contributed by atoms with van der Waals surface area (Å²) in [6.45, 7) is 7.73. The van der Waals surface area contributed by atoms with Crippen LogP contribution in [-0.4, -0.2) is 74.6 Å². The van der Waals surface area contributed by atoms with E-state index in [2.05, 4.69) is 30.6 Å². The van der Waals surface area contributed by atoms with Gasteiger partial charge in [0.05, 0.1) is 29.0 Å². The number of aromatic nitrogens is 4. The van der Waals surface area contributed by atoms with Gasteiger partial charge < -0.3 is 20.4 Å². The second-order valence-electron chi connectivity index (χ2n) is 9.68. The average Bonchev–Trinajstić information content (AvgIpc) is 3.36. The van der Waals surface area contributed by atoms with Crippen molar-refractivity contribution in [2.24, 2.45) is 0 Å². The van der Waals surface area contributed by atoms with E-state index in [1.165, 1.54) is 0 Å². The Balaban J connectivity index is 1.24. The van der Waals surface area contributed by atoms with Gasteiger partial charge in [0, 0.05) is 44.0 Å². The SMILES string of the molecule is CCn1cc2ncc(N[C@@H](C)c3cccc(NC(=O)c4ccc(C(=O)N5CCN(C)CC5)c(Cl)c4)c3)nc2n1. The Bertz CT molecular complexity index is 1510. The van der Waals surface area contributed by atoms with Gasteiger partial charge in [0.25, 0.3) is 11.8 Å². The van der Waals surface area contributed by atoms with Crippen molar-refractivity contribution in [1.82, 2.24) is 29.5 Å². The van der Waals surface area contributed by atoms with Crippen molar-refractivity contribution in [2.75, 3.05) is 43.9 Å². The molecule has 0 radical (unpaired) electrons. The van der Waals surface area contributed by atoms with E-state index >= 15 is 0 Å². The number of amides is 2. The molecule has 1 saturated heterocycles. The predicted molar refractivity (Wildman–Crippen MR) is 152 cm³/mol. The zero-order chi connectivity index (χ0) is 27.5. The zero-order valence-electron chi connectivity index (χ0n) is 22.2. The van der Waals surface area contributed by atoms with E-state index in [1.807, 2.05) is 51.4 Å². The van der Waals surface area contributed by atoms with Gasteiger partial charge in [-0.25, -0.2) is 9.97 Å². The number of anilines is 2. The number of carbonyl (C=O) groups excluding carboxylic acids is 2. The summed E-state index contributed by atoms with van der Waals surface area (Å²) in [4.78, 5) is 38.9. The number of rotatable bonds is 7. The minimum absolute atomic E-state index is 0.101. The molecule has 0 bridgehead atoms. The monoisotopic (exact) mass is 546 g/mol. The van der Waals surface area contributed by atoms with Gasteiger partial charge in [0.2, 0.25) is 5.65 Å². The smallest absolute Gasteiger partial charge is 0.255 e. The summed E-state index contributed by atoms with van der Waals surface area (Å²) < 4.78 is 1.80. The molecule has 0 saturated carbocycles. The van der Waals surface area contributed by atoms with Crippen molar-refractivity contribution < 1.29 is 9.59 Å². The number of fused-ring (bicyclic) bond motifs is 1. The fourth-order valence-electron chi connectivity index (χ4n) is 4.48. The van der Waals surface area contributed by atoms with Gasteiger partial charge in [-0.05, 0) is 56.8 Å². The Labute approximate surface area is 232 Å². The normalized spacial score (nSPS) is 14.8. The first-order valence-electron chi connectivity index (χ1n) is 13.0. The first kappa shape index (κ1) is 26.6. The molecule has 0 aliphatic carbocycles. The number of carbonyl (C=O) groups is 2. The lowest BCUT2D eigenvalue weighted by atomic mass is 10.1. The summed E-state index contributed by atoms with van der Waals surface area (Å²) in [6.07, 6.45) is 3.56. The van der Waals surface area contributed by atoms with Crippen LogP contribution in [0.5, 0.6) is 0 Å². The molecule has 4 aromatic rings. The fraction of sp³-hybridized carbons (Fsp3) is 0.321. The number of piperazine rings is 1. The van der Waals surface area contributed by atoms with E-state index in [9.17, 15) is 9.59 Å². The molecule has 2 amide bonds. The Morgan fingerprint density at radius 1 is 1.10 bits per heavy atom. The molecule has 1 atom stereocenters. The zero-order valence-corrected chi connectivity index (χ0v) is 22.9. The van der Waals surface area contributed by atoms with Crippen molar-refractivity contribution in [2.45, 2.75) is 26.4 Å². The van der Waals surface area contributed by atoms with E-state index < -0.39 is 0 Å². The van der Waals surface area contributed by atoms with Gasteiger partial charge in [-0.15, -0.1) is 0 Å². The second-order valence-corrected chi connectivity index (χ2v) is 10.1. The summed E-state index contributed by atoms with van der Waals surface area (Å²) in [7, 11) is 2.04. The number of nitrogens with zero attached hydrogens (tertiary/aromatic N) is 6. The van der Waals surface area contributed by atoms with E-state index in [4.69, 9.17) is 11.6 Å². The highest BCUT2D eigenvalue weighted by Crippen LogP contribution is 2.24. The third kappa shape index (κ3) is 6.02. The van der Waals surface area contributed by atoms with Crippen molar-refractivity contribution >= 4 is 46.1 Å². The van der Waals surface area contributed by atoms with Crippen LogP contribution in [0.25, 0.3) is 11.2 Å². The maximum Gasteiger partial charge on any atom is 0.255 e. The highest BCUT2D eigenvalue weighted by molar-refractivity contribution is 6.34. The van der Waals surface area contributed by atoms with Crippen molar-refractivity contribution in [3.05, 3.63) is 76.6 Å². The molecule has 11 heteroatoms. The van der Waals surface area contributed by atoms with Crippen LogP contribution in [-0.2, 0) is 6.54 Å². The van der Waals surface area contributed by atoms with Crippen LogP contribution < -0.4 is 10.6 Å². The largest absolute Gasteiger partial charge is 0.362 e. The lowest BCUT2D eigenvalue weighted by Crippen LogP contribution is -2.47. The third-order valence-electron chi connectivity index (χ3n) is 6.86. The van der Waals surface area contributed by atoms with Crippen LogP contribution >= 0.6 is 11.6 Å². The van der Waals surface area contributed by atoms with Crippen LogP contribution in [0.15, 0.2) is 54.9 Å². The number of hydrogen-bond acceptors (Lipinski definition) is 7. The molecule has 2 N–H and O–H groups in total. The molecule has 202 valence electrons. The van der Waals surface area contributed by atoms with Gasteiger partial charge in [-0.2, -0.15) is 5.10 Å². The Morgan fingerprint density at radius 3 is 2.64 bits per heavy atom. The minimum atomic E-state index is -0.309.